The molecular formula is C21H29N7O3. The predicted molar refractivity (Wildman–Crippen MR) is 116 cm³/mol. The molecule has 2 aromatic heterocycles. The molecule has 0 spiro atoms. The van der Waals surface area contributed by atoms with Crippen molar-refractivity contribution >= 4 is 28.9 Å². The fourth-order valence-corrected chi connectivity index (χ4v) is 4.12. The molecule has 0 bridgehead atoms. The second-order valence-corrected chi connectivity index (χ2v) is 8.03. The number of carbonyl (C=O) groups is 2. The summed E-state index contributed by atoms with van der Waals surface area (Å²) < 4.78 is 1.10. The number of fused-ring (bicyclic) bond motifs is 1. The summed E-state index contributed by atoms with van der Waals surface area (Å²) in [6, 6.07) is 3.63. The summed E-state index contributed by atoms with van der Waals surface area (Å²) >= 11 is 0. The molecule has 10 nitrogen and oxygen atoms in total. The van der Waals surface area contributed by atoms with Crippen LogP contribution in [0.3, 0.4) is 0 Å². The highest BCUT2D eigenvalue weighted by molar-refractivity contribution is 5.93. The van der Waals surface area contributed by atoms with E-state index in [1.165, 1.54) is 6.20 Å². The molecule has 1 aliphatic rings. The molecule has 3 rings (SSSR count). The lowest BCUT2D eigenvalue weighted by Crippen LogP contribution is -2.52. The summed E-state index contributed by atoms with van der Waals surface area (Å²) in [5.74, 6) is 1.35. The van der Waals surface area contributed by atoms with Crippen molar-refractivity contribution in [1.29, 1.82) is 5.26 Å². The lowest BCUT2D eigenvalue weighted by atomic mass is 9.92. The topological polar surface area (TPSA) is 141 Å². The average molecular weight is 428 g/mol. The number of piperidine rings is 1. The number of carboxylic acid groups (broad SMARTS) is 1. The molecule has 1 aliphatic heterocycles. The summed E-state index contributed by atoms with van der Waals surface area (Å²) in [6.45, 7) is 3.83. The summed E-state index contributed by atoms with van der Waals surface area (Å²) in [7, 11) is 1.92. The number of likely N-dealkylation sites (tertiary alicyclic amines) is 1. The van der Waals surface area contributed by atoms with Crippen LogP contribution in [0.4, 0.5) is 10.6 Å². The fraction of sp³-hybridized carbons (Fsp3) is 0.571. The van der Waals surface area contributed by atoms with Crippen molar-refractivity contribution < 1.29 is 14.7 Å². The molecule has 1 saturated heterocycles. The number of unbranched alkanes of at least 4 members (excludes halogenated alkanes) is 1. The van der Waals surface area contributed by atoms with Crippen molar-refractivity contribution in [3.05, 3.63) is 18.1 Å². The number of anilines is 1. The minimum absolute atomic E-state index is 0.0143. The van der Waals surface area contributed by atoms with Gasteiger partial charge in [-0.2, -0.15) is 5.26 Å². The van der Waals surface area contributed by atoms with Crippen LogP contribution >= 0.6 is 0 Å². The Bertz CT molecular complexity index is 997. The van der Waals surface area contributed by atoms with Gasteiger partial charge in [-0.25, -0.2) is 19.3 Å². The molecule has 2 atom stereocenters. The second-order valence-electron chi connectivity index (χ2n) is 8.03. The fourth-order valence-electron chi connectivity index (χ4n) is 4.12. The first-order valence-corrected chi connectivity index (χ1v) is 10.6. The van der Waals surface area contributed by atoms with Crippen molar-refractivity contribution in [2.24, 2.45) is 11.7 Å². The zero-order valence-corrected chi connectivity index (χ0v) is 18.0. The Morgan fingerprint density at radius 3 is 2.84 bits per heavy atom. The number of aromatic nitrogens is 3. The zero-order chi connectivity index (χ0) is 22.5. The van der Waals surface area contributed by atoms with Crippen LogP contribution in [0.15, 0.2) is 12.3 Å². The molecule has 166 valence electrons. The normalized spacial score (nSPS) is 18.7. The molecule has 0 unspecified atom stereocenters. The van der Waals surface area contributed by atoms with E-state index in [9.17, 15) is 14.7 Å². The molecule has 1 fully saturated rings. The number of rotatable bonds is 7. The van der Waals surface area contributed by atoms with E-state index in [2.05, 4.69) is 11.9 Å². The molecule has 31 heavy (non-hydrogen) atoms. The molecule has 1 amide bonds. The van der Waals surface area contributed by atoms with E-state index in [4.69, 9.17) is 16.0 Å². The molecule has 0 radical (unpaired) electrons. The minimum Gasteiger partial charge on any atom is -0.464 e. The first-order valence-electron chi connectivity index (χ1n) is 10.6. The van der Waals surface area contributed by atoms with Crippen LogP contribution in [0.2, 0.25) is 0 Å². The highest BCUT2D eigenvalue weighted by atomic mass is 16.4. The van der Waals surface area contributed by atoms with E-state index >= 15 is 0 Å². The number of hydrogen-bond acceptors (Lipinski definition) is 7. The third-order valence-corrected chi connectivity index (χ3v) is 5.96. The van der Waals surface area contributed by atoms with Crippen LogP contribution < -0.4 is 10.6 Å². The largest absolute Gasteiger partial charge is 0.464 e. The molecule has 3 heterocycles. The van der Waals surface area contributed by atoms with Crippen molar-refractivity contribution in [3.63, 3.8) is 0 Å². The van der Waals surface area contributed by atoms with Crippen LogP contribution in [0.5, 0.6) is 0 Å². The number of aryl methyl sites for hydroxylation is 1. The number of nitrogens with two attached hydrogens (primary N) is 1. The van der Waals surface area contributed by atoms with Crippen LogP contribution in [-0.4, -0.2) is 69.3 Å². The maximum absolute atomic E-state index is 12.3. The predicted octanol–water partition coefficient (Wildman–Crippen LogP) is 1.83. The third kappa shape index (κ3) is 4.77. The molecule has 10 heteroatoms. The van der Waals surface area contributed by atoms with Crippen molar-refractivity contribution in [2.45, 2.75) is 45.1 Å². The smallest absolute Gasteiger partial charge is 0.417 e. The lowest BCUT2D eigenvalue weighted by molar-refractivity contribution is -0.131. The SMILES string of the molecule is C[C@@H]1CCN(C(=O)CC#N)C[C@@H]1N(C)c1nc(CCCCN)nc2c1ccn2C(=O)O. The van der Waals surface area contributed by atoms with Gasteiger partial charge >= 0.3 is 6.09 Å². The number of carbonyl (C=O) groups excluding carboxylic acids is 1. The van der Waals surface area contributed by atoms with E-state index in [0.717, 1.165) is 23.8 Å². The quantitative estimate of drug-likeness (QED) is 0.637. The first kappa shape index (κ1) is 22.5. The van der Waals surface area contributed by atoms with Gasteiger partial charge in [0, 0.05) is 32.8 Å². The van der Waals surface area contributed by atoms with Gasteiger partial charge in [-0.05, 0) is 37.8 Å². The van der Waals surface area contributed by atoms with Crippen LogP contribution in [-0.2, 0) is 11.2 Å². The van der Waals surface area contributed by atoms with Crippen LogP contribution in [0.1, 0.15) is 38.4 Å². The van der Waals surface area contributed by atoms with Gasteiger partial charge in [0.25, 0.3) is 0 Å². The number of nitrogens with zero attached hydrogens (tertiary/aromatic N) is 6. The van der Waals surface area contributed by atoms with Gasteiger partial charge < -0.3 is 20.6 Å². The first-order chi connectivity index (χ1) is 14.9. The van der Waals surface area contributed by atoms with Gasteiger partial charge in [0.15, 0.2) is 5.65 Å². The molecule has 2 aromatic rings. The van der Waals surface area contributed by atoms with Gasteiger partial charge in [-0.15, -0.1) is 0 Å². The number of likely N-dealkylation sites (N-methyl/N-ethyl adjacent to an activating group) is 1. The molecule has 3 N–H and O–H groups in total. The monoisotopic (exact) mass is 427 g/mol. The maximum atomic E-state index is 12.3. The standard InChI is InChI=1S/C21H29N7O3/c1-14-7-11-27(18(29)6-10-23)13-16(14)26(2)19-15-8-12-28(21(30)31)20(15)25-17(24-19)5-3-4-9-22/h8,12,14,16H,3-7,9,11,13,22H2,1-2H3,(H,30,31)/t14-,16+/m1/s1. The van der Waals surface area contributed by atoms with Gasteiger partial charge in [0.05, 0.1) is 17.5 Å². The summed E-state index contributed by atoms with van der Waals surface area (Å²) in [5.41, 5.74) is 5.95. The second kappa shape index (κ2) is 9.75. The Morgan fingerprint density at radius 1 is 1.39 bits per heavy atom. The Kier molecular flexibility index (Phi) is 7.07. The molecule has 0 saturated carbocycles. The van der Waals surface area contributed by atoms with E-state index in [1.807, 2.05) is 18.0 Å². The summed E-state index contributed by atoms with van der Waals surface area (Å²) in [6.07, 6.45) is 3.32. The van der Waals surface area contributed by atoms with E-state index in [0.29, 0.717) is 54.6 Å². The number of amides is 1. The molecular weight excluding hydrogens is 398 g/mol. The van der Waals surface area contributed by atoms with Crippen LogP contribution in [0, 0.1) is 17.2 Å². The highest BCUT2D eigenvalue weighted by Gasteiger charge is 2.33. The van der Waals surface area contributed by atoms with Crippen molar-refractivity contribution in [1.82, 2.24) is 19.4 Å². The summed E-state index contributed by atoms with van der Waals surface area (Å²) in [5, 5.41) is 19.1. The van der Waals surface area contributed by atoms with Crippen LogP contribution in [0.25, 0.3) is 11.0 Å². The Hall–Kier alpha value is -3.19. The van der Waals surface area contributed by atoms with E-state index < -0.39 is 6.09 Å². The Balaban J connectivity index is 1.98. The van der Waals surface area contributed by atoms with Gasteiger partial charge in [-0.1, -0.05) is 6.92 Å². The summed E-state index contributed by atoms with van der Waals surface area (Å²) in [4.78, 5) is 37.0. The van der Waals surface area contributed by atoms with Crippen molar-refractivity contribution in [3.8, 4) is 6.07 Å². The highest BCUT2D eigenvalue weighted by Crippen LogP contribution is 2.30. The minimum atomic E-state index is -1.10. The Morgan fingerprint density at radius 2 is 2.16 bits per heavy atom. The zero-order valence-electron chi connectivity index (χ0n) is 18.0. The van der Waals surface area contributed by atoms with Gasteiger partial charge in [-0.3, -0.25) is 4.79 Å². The van der Waals surface area contributed by atoms with Gasteiger partial charge in [0.2, 0.25) is 5.91 Å². The third-order valence-electron chi connectivity index (χ3n) is 5.96. The Labute approximate surface area is 181 Å². The maximum Gasteiger partial charge on any atom is 0.417 e. The average Bonchev–Trinajstić information content (AvgIpc) is 3.17. The molecule has 0 aliphatic carbocycles. The lowest BCUT2D eigenvalue weighted by Gasteiger charge is -2.42. The number of hydrogen-bond donors (Lipinski definition) is 2. The number of nitriles is 1. The van der Waals surface area contributed by atoms with E-state index in [-0.39, 0.29) is 18.4 Å². The molecule has 0 aromatic carbocycles. The van der Waals surface area contributed by atoms with E-state index in [1.54, 1.807) is 11.0 Å². The van der Waals surface area contributed by atoms with Crippen molar-refractivity contribution in [2.75, 3.05) is 31.6 Å². The van der Waals surface area contributed by atoms with Gasteiger partial charge in [0.1, 0.15) is 18.1 Å².